The van der Waals surface area contributed by atoms with Crippen LogP contribution in [0.15, 0.2) is 0 Å². The Morgan fingerprint density at radius 1 is 0.913 bits per heavy atom. The van der Waals surface area contributed by atoms with Gasteiger partial charge in [-0.1, -0.05) is 53.4 Å². The second kappa shape index (κ2) is 8.00. The molecule has 0 aromatic rings. The van der Waals surface area contributed by atoms with Gasteiger partial charge >= 0.3 is 5.97 Å². The summed E-state index contributed by atoms with van der Waals surface area (Å²) in [5.74, 6) is -0.0469. The lowest BCUT2D eigenvalue weighted by atomic mass is 9.57. The molecule has 0 aliphatic carbocycles. The lowest BCUT2D eigenvalue weighted by molar-refractivity contribution is -0.182. The summed E-state index contributed by atoms with van der Waals surface area (Å²) >= 11 is 0. The molecule has 23 heavy (non-hydrogen) atoms. The standard InChI is InChI=1S/C20H39NO2/c1-16-18(2,3)19(4,5)20(6,7)23-17(22)14-12-10-8-9-11-13-15-21-16/h16,21H,8-15H2,1-7H3. The highest BCUT2D eigenvalue weighted by molar-refractivity contribution is 5.69. The summed E-state index contributed by atoms with van der Waals surface area (Å²) in [4.78, 5) is 12.3. The van der Waals surface area contributed by atoms with Crippen LogP contribution < -0.4 is 5.32 Å². The number of ether oxygens (including phenoxy) is 1. The summed E-state index contributed by atoms with van der Waals surface area (Å²) in [5, 5.41) is 3.71. The molecule has 0 bridgehead atoms. The zero-order valence-electron chi connectivity index (χ0n) is 16.6. The number of nitrogens with one attached hydrogen (secondary N) is 1. The molecule has 1 atom stereocenters. The van der Waals surface area contributed by atoms with Crippen molar-refractivity contribution in [1.82, 2.24) is 5.32 Å². The van der Waals surface area contributed by atoms with Crippen LogP contribution in [0.25, 0.3) is 0 Å². The Labute approximate surface area is 143 Å². The van der Waals surface area contributed by atoms with E-state index in [-0.39, 0.29) is 16.8 Å². The summed E-state index contributed by atoms with van der Waals surface area (Å²) in [7, 11) is 0. The number of carbonyl (C=O) groups excluding carboxylic acids is 1. The van der Waals surface area contributed by atoms with Crippen molar-refractivity contribution >= 4 is 5.97 Å². The first-order valence-electron chi connectivity index (χ1n) is 9.47. The van der Waals surface area contributed by atoms with E-state index < -0.39 is 5.60 Å². The Bertz CT molecular complexity index is 385. The van der Waals surface area contributed by atoms with Gasteiger partial charge in [-0.15, -0.1) is 0 Å². The van der Waals surface area contributed by atoms with E-state index in [1.807, 2.05) is 0 Å². The van der Waals surface area contributed by atoms with E-state index in [1.54, 1.807) is 0 Å². The van der Waals surface area contributed by atoms with E-state index in [1.165, 1.54) is 25.7 Å². The van der Waals surface area contributed by atoms with Crippen LogP contribution in [-0.2, 0) is 9.53 Å². The van der Waals surface area contributed by atoms with Gasteiger partial charge in [-0.25, -0.2) is 0 Å². The van der Waals surface area contributed by atoms with Gasteiger partial charge < -0.3 is 10.1 Å². The van der Waals surface area contributed by atoms with Crippen molar-refractivity contribution in [3.8, 4) is 0 Å². The minimum atomic E-state index is -0.496. The SMILES string of the molecule is CC1NCCCCCCCCC(=O)OC(C)(C)C(C)(C)C1(C)C. The van der Waals surface area contributed by atoms with Crippen LogP contribution in [0.1, 0.15) is 93.4 Å². The first-order valence-corrected chi connectivity index (χ1v) is 9.47. The third-order valence-electron chi connectivity index (χ3n) is 6.83. The van der Waals surface area contributed by atoms with Crippen LogP contribution in [-0.4, -0.2) is 24.2 Å². The summed E-state index contributed by atoms with van der Waals surface area (Å²) in [6, 6.07) is 0.362. The maximum Gasteiger partial charge on any atom is 0.306 e. The average Bonchev–Trinajstić information content (AvgIpc) is 2.43. The van der Waals surface area contributed by atoms with Crippen molar-refractivity contribution in [1.29, 1.82) is 0 Å². The highest BCUT2D eigenvalue weighted by atomic mass is 16.6. The van der Waals surface area contributed by atoms with Crippen LogP contribution in [0.2, 0.25) is 0 Å². The molecule has 0 radical (unpaired) electrons. The van der Waals surface area contributed by atoms with Gasteiger partial charge in [-0.2, -0.15) is 0 Å². The maximum absolute atomic E-state index is 12.3. The molecule has 3 heteroatoms. The minimum absolute atomic E-state index is 0.00302. The fourth-order valence-electron chi connectivity index (χ4n) is 3.46. The molecule has 1 saturated heterocycles. The van der Waals surface area contributed by atoms with E-state index in [0.717, 1.165) is 19.4 Å². The average molecular weight is 326 g/mol. The van der Waals surface area contributed by atoms with E-state index in [0.29, 0.717) is 12.5 Å². The van der Waals surface area contributed by atoms with Crippen LogP contribution in [0, 0.1) is 10.8 Å². The van der Waals surface area contributed by atoms with Crippen molar-refractivity contribution in [3.05, 3.63) is 0 Å². The Morgan fingerprint density at radius 3 is 2.04 bits per heavy atom. The monoisotopic (exact) mass is 325 g/mol. The fraction of sp³-hybridized carbons (Fsp3) is 0.950. The number of hydrogen-bond acceptors (Lipinski definition) is 3. The van der Waals surface area contributed by atoms with Gasteiger partial charge in [0.25, 0.3) is 0 Å². The zero-order chi connectivity index (χ0) is 17.7. The van der Waals surface area contributed by atoms with Crippen molar-refractivity contribution in [3.63, 3.8) is 0 Å². The Hall–Kier alpha value is -0.570. The Balaban J connectivity index is 2.97. The van der Waals surface area contributed by atoms with Crippen LogP contribution in [0.5, 0.6) is 0 Å². The van der Waals surface area contributed by atoms with Gasteiger partial charge in [-0.3, -0.25) is 4.79 Å². The van der Waals surface area contributed by atoms with Crippen LogP contribution >= 0.6 is 0 Å². The zero-order valence-corrected chi connectivity index (χ0v) is 16.6. The van der Waals surface area contributed by atoms with Crippen LogP contribution in [0.4, 0.5) is 0 Å². The Kier molecular flexibility index (Phi) is 7.12. The smallest absolute Gasteiger partial charge is 0.306 e. The minimum Gasteiger partial charge on any atom is -0.459 e. The molecule has 3 nitrogen and oxygen atoms in total. The third-order valence-corrected chi connectivity index (χ3v) is 6.83. The predicted molar refractivity (Wildman–Crippen MR) is 97.5 cm³/mol. The molecular weight excluding hydrogens is 286 g/mol. The molecule has 136 valence electrons. The van der Waals surface area contributed by atoms with Crippen molar-refractivity contribution in [2.75, 3.05) is 6.54 Å². The molecule has 0 aromatic carbocycles. The van der Waals surface area contributed by atoms with Crippen molar-refractivity contribution in [2.24, 2.45) is 10.8 Å². The second-order valence-electron chi connectivity index (χ2n) is 8.88. The highest BCUT2D eigenvalue weighted by Gasteiger charge is 2.52. The summed E-state index contributed by atoms with van der Waals surface area (Å²) in [6.45, 7) is 16.5. The number of esters is 1. The molecule has 1 unspecified atom stereocenters. The quantitative estimate of drug-likeness (QED) is 0.631. The fourth-order valence-corrected chi connectivity index (χ4v) is 3.46. The maximum atomic E-state index is 12.3. The van der Waals surface area contributed by atoms with Gasteiger partial charge in [-0.05, 0) is 45.6 Å². The second-order valence-corrected chi connectivity index (χ2v) is 8.88. The first kappa shape index (κ1) is 20.5. The predicted octanol–water partition coefficient (Wildman–Crippen LogP) is 5.08. The number of carbonyl (C=O) groups is 1. The lowest BCUT2D eigenvalue weighted by Gasteiger charge is -2.53. The molecular formula is C20H39NO2. The number of rotatable bonds is 0. The normalized spacial score (nSPS) is 29.9. The molecule has 1 N–H and O–H groups in total. The highest BCUT2D eigenvalue weighted by Crippen LogP contribution is 2.50. The van der Waals surface area contributed by atoms with E-state index in [2.05, 4.69) is 53.8 Å². The molecule has 1 rings (SSSR count). The third kappa shape index (κ3) is 4.95. The lowest BCUT2D eigenvalue weighted by Crippen LogP contribution is -2.58. The number of hydrogen-bond donors (Lipinski definition) is 1. The molecule has 0 saturated carbocycles. The van der Waals surface area contributed by atoms with Crippen LogP contribution in [0.3, 0.4) is 0 Å². The summed E-state index contributed by atoms with van der Waals surface area (Å²) in [5.41, 5.74) is -0.650. The van der Waals surface area contributed by atoms with Gasteiger partial charge in [0.1, 0.15) is 5.60 Å². The molecule has 0 spiro atoms. The molecule has 1 aliphatic heterocycles. The van der Waals surface area contributed by atoms with E-state index >= 15 is 0 Å². The summed E-state index contributed by atoms with van der Waals surface area (Å²) < 4.78 is 5.95. The van der Waals surface area contributed by atoms with Gasteiger partial charge in [0.05, 0.1) is 0 Å². The van der Waals surface area contributed by atoms with Gasteiger partial charge in [0.15, 0.2) is 0 Å². The molecule has 1 aliphatic rings. The van der Waals surface area contributed by atoms with Crippen molar-refractivity contribution in [2.45, 2.75) is 105 Å². The van der Waals surface area contributed by atoms with E-state index in [9.17, 15) is 4.79 Å². The molecule has 1 heterocycles. The molecule has 0 amide bonds. The summed E-state index contributed by atoms with van der Waals surface area (Å²) in [6.07, 6.45) is 7.64. The molecule has 1 fully saturated rings. The largest absolute Gasteiger partial charge is 0.459 e. The van der Waals surface area contributed by atoms with Gasteiger partial charge in [0.2, 0.25) is 0 Å². The van der Waals surface area contributed by atoms with E-state index in [4.69, 9.17) is 4.74 Å². The molecule has 0 aromatic heterocycles. The van der Waals surface area contributed by atoms with Crippen molar-refractivity contribution < 1.29 is 9.53 Å². The van der Waals surface area contributed by atoms with Gasteiger partial charge in [0, 0.05) is 17.9 Å². The Morgan fingerprint density at radius 2 is 1.43 bits per heavy atom. The first-order chi connectivity index (χ1) is 10.5. The topological polar surface area (TPSA) is 38.3 Å². The number of cyclic esters (lactones) is 1.